The Bertz CT molecular complexity index is 1190. The third kappa shape index (κ3) is 4.89. The zero-order valence-corrected chi connectivity index (χ0v) is 17.7. The molecule has 0 radical (unpaired) electrons. The van der Waals surface area contributed by atoms with Crippen LogP contribution < -0.4 is 5.32 Å². The van der Waals surface area contributed by atoms with E-state index in [1.54, 1.807) is 29.8 Å². The minimum atomic E-state index is -4.80. The zero-order chi connectivity index (χ0) is 22.0. The second-order valence-electron chi connectivity index (χ2n) is 6.08. The van der Waals surface area contributed by atoms with Crippen LogP contribution in [0.25, 0.3) is 5.69 Å². The molecule has 0 saturated carbocycles. The molecule has 2 aromatic carbocycles. The molecule has 31 heavy (non-hydrogen) atoms. The fourth-order valence-electron chi connectivity index (χ4n) is 2.68. The largest absolute Gasteiger partial charge is 0.434 e. The number of benzene rings is 2. The van der Waals surface area contributed by atoms with Gasteiger partial charge < -0.3 is 5.32 Å². The van der Waals surface area contributed by atoms with Gasteiger partial charge in [-0.3, -0.25) is 4.79 Å². The summed E-state index contributed by atoms with van der Waals surface area (Å²) in [6.45, 7) is 0. The number of alkyl halides is 3. The number of nitrogens with one attached hydrogen (secondary N) is 1. The molecule has 0 aliphatic rings. The van der Waals surface area contributed by atoms with Crippen molar-refractivity contribution in [3.8, 4) is 5.69 Å². The topological polar surface area (TPSA) is 72.7 Å². The number of carbonyl (C=O) groups excluding carboxylic acids is 1. The van der Waals surface area contributed by atoms with Gasteiger partial charge in [0.05, 0.1) is 17.4 Å². The van der Waals surface area contributed by atoms with E-state index in [1.807, 2.05) is 0 Å². The van der Waals surface area contributed by atoms with Crippen molar-refractivity contribution in [2.75, 3.05) is 5.32 Å². The number of nitrogens with zero attached hydrogens (tertiary/aromatic N) is 4. The van der Waals surface area contributed by atoms with Crippen molar-refractivity contribution >= 4 is 46.3 Å². The number of aromatic nitrogens is 4. The molecule has 0 aliphatic carbocycles. The van der Waals surface area contributed by atoms with Gasteiger partial charge in [-0.2, -0.15) is 18.3 Å². The molecule has 4 rings (SSSR count). The normalized spacial score (nSPS) is 11.5. The minimum Gasteiger partial charge on any atom is -0.322 e. The molecule has 0 aliphatic heterocycles. The van der Waals surface area contributed by atoms with Gasteiger partial charge in [0.2, 0.25) is 0 Å². The minimum absolute atomic E-state index is 0.133. The number of hydrogen-bond donors (Lipinski definition) is 1. The summed E-state index contributed by atoms with van der Waals surface area (Å²) in [5, 5.41) is 14.3. The molecule has 0 saturated heterocycles. The fourth-order valence-corrected chi connectivity index (χ4v) is 4.26. The third-order valence-electron chi connectivity index (χ3n) is 4.01. The molecule has 4 aromatic rings. The summed E-state index contributed by atoms with van der Waals surface area (Å²) in [6.07, 6.45) is -3.91. The van der Waals surface area contributed by atoms with E-state index in [-0.39, 0.29) is 5.69 Å². The van der Waals surface area contributed by atoms with Crippen LogP contribution in [0.5, 0.6) is 0 Å². The van der Waals surface area contributed by atoms with Crippen molar-refractivity contribution in [3.63, 3.8) is 0 Å². The van der Waals surface area contributed by atoms with Crippen molar-refractivity contribution in [3.05, 3.63) is 76.5 Å². The summed E-state index contributed by atoms with van der Waals surface area (Å²) in [7, 11) is 0. The van der Waals surface area contributed by atoms with Gasteiger partial charge in [-0.1, -0.05) is 34.7 Å². The maximum atomic E-state index is 13.8. The maximum Gasteiger partial charge on any atom is 0.434 e. The highest BCUT2D eigenvalue weighted by Crippen LogP contribution is 2.34. The molecule has 158 valence electrons. The summed E-state index contributed by atoms with van der Waals surface area (Å²) < 4.78 is 42.7. The van der Waals surface area contributed by atoms with E-state index in [0.29, 0.717) is 15.4 Å². The number of carbonyl (C=O) groups is 1. The van der Waals surface area contributed by atoms with Gasteiger partial charge in [-0.25, -0.2) is 4.68 Å². The van der Waals surface area contributed by atoms with E-state index < -0.39 is 23.3 Å². The van der Waals surface area contributed by atoms with Crippen LogP contribution in [0.2, 0.25) is 5.02 Å². The SMILES string of the molecule is O=C(Nc1ccc(Sc2nncs2)cc1)c1cnn(-c2ccc(Cl)cc2)c1C(F)(F)F. The first kappa shape index (κ1) is 21.3. The monoisotopic (exact) mass is 481 g/mol. The summed E-state index contributed by atoms with van der Waals surface area (Å²) in [4.78, 5) is 13.5. The molecule has 0 fully saturated rings. The van der Waals surface area contributed by atoms with E-state index >= 15 is 0 Å². The van der Waals surface area contributed by atoms with E-state index in [0.717, 1.165) is 15.4 Å². The Balaban J connectivity index is 1.57. The van der Waals surface area contributed by atoms with Gasteiger partial charge in [0.15, 0.2) is 10.0 Å². The molecule has 2 aromatic heterocycles. The lowest BCUT2D eigenvalue weighted by Gasteiger charge is -2.13. The summed E-state index contributed by atoms with van der Waals surface area (Å²) in [5.74, 6) is -0.919. The second kappa shape index (κ2) is 8.69. The Morgan fingerprint density at radius 2 is 1.81 bits per heavy atom. The quantitative estimate of drug-likeness (QED) is 0.390. The van der Waals surface area contributed by atoms with E-state index in [1.165, 1.54) is 47.4 Å². The van der Waals surface area contributed by atoms with Crippen LogP contribution in [0.4, 0.5) is 18.9 Å². The molecular formula is C19H11ClF3N5OS2. The highest BCUT2D eigenvalue weighted by atomic mass is 35.5. The second-order valence-corrected chi connectivity index (χ2v) is 8.67. The number of amides is 1. The van der Waals surface area contributed by atoms with Crippen LogP contribution in [0, 0.1) is 0 Å². The zero-order valence-electron chi connectivity index (χ0n) is 15.3. The Labute approximate surface area is 187 Å². The molecule has 1 amide bonds. The number of rotatable bonds is 5. The molecule has 1 N–H and O–H groups in total. The van der Waals surface area contributed by atoms with Crippen molar-refractivity contribution in [2.45, 2.75) is 15.4 Å². The lowest BCUT2D eigenvalue weighted by molar-refractivity contribution is -0.143. The van der Waals surface area contributed by atoms with Crippen molar-refractivity contribution in [2.24, 2.45) is 0 Å². The molecule has 0 spiro atoms. The van der Waals surface area contributed by atoms with Crippen molar-refractivity contribution in [1.82, 2.24) is 20.0 Å². The first-order chi connectivity index (χ1) is 14.8. The van der Waals surface area contributed by atoms with Gasteiger partial charge in [0, 0.05) is 15.6 Å². The first-order valence-corrected chi connectivity index (χ1v) is 10.7. The van der Waals surface area contributed by atoms with Gasteiger partial charge in [-0.15, -0.1) is 10.2 Å². The third-order valence-corrected chi connectivity index (χ3v) is 6.05. The summed E-state index contributed by atoms with van der Waals surface area (Å²) >= 11 is 8.57. The van der Waals surface area contributed by atoms with Gasteiger partial charge in [0.1, 0.15) is 5.51 Å². The van der Waals surface area contributed by atoms with Crippen LogP contribution in [-0.2, 0) is 6.18 Å². The number of hydrogen-bond acceptors (Lipinski definition) is 6. The predicted octanol–water partition coefficient (Wildman–Crippen LogP) is 5.80. The molecule has 0 unspecified atom stereocenters. The highest BCUT2D eigenvalue weighted by Gasteiger charge is 2.40. The van der Waals surface area contributed by atoms with Crippen molar-refractivity contribution in [1.29, 1.82) is 0 Å². The number of halogens is 4. The average molecular weight is 482 g/mol. The summed E-state index contributed by atoms with van der Waals surface area (Å²) in [5.41, 5.74) is 0.331. The first-order valence-electron chi connectivity index (χ1n) is 8.58. The Hall–Kier alpha value is -2.89. The molecular weight excluding hydrogens is 471 g/mol. The molecule has 12 heteroatoms. The van der Waals surface area contributed by atoms with Gasteiger partial charge in [-0.05, 0) is 48.5 Å². The number of anilines is 1. The van der Waals surface area contributed by atoms with Crippen LogP contribution >= 0.6 is 34.7 Å². The van der Waals surface area contributed by atoms with E-state index in [4.69, 9.17) is 11.6 Å². The maximum absolute atomic E-state index is 13.8. The lowest BCUT2D eigenvalue weighted by Crippen LogP contribution is -2.20. The Kier molecular flexibility index (Phi) is 5.99. The van der Waals surface area contributed by atoms with E-state index in [9.17, 15) is 18.0 Å². The lowest BCUT2D eigenvalue weighted by atomic mass is 10.2. The van der Waals surface area contributed by atoms with E-state index in [2.05, 4.69) is 20.6 Å². The molecule has 6 nitrogen and oxygen atoms in total. The molecule has 0 bridgehead atoms. The average Bonchev–Trinajstić information content (AvgIpc) is 3.40. The standard InChI is InChI=1S/C19H11ClF3N5OS2/c20-11-1-5-13(6-2-11)28-16(19(21,22)23)15(9-25-28)17(29)26-12-3-7-14(8-4-12)31-18-27-24-10-30-18/h1-10H,(H,26,29). The van der Waals surface area contributed by atoms with Crippen LogP contribution in [0.15, 0.2) is 69.5 Å². The molecule has 2 heterocycles. The smallest absolute Gasteiger partial charge is 0.322 e. The van der Waals surface area contributed by atoms with Crippen LogP contribution in [0.1, 0.15) is 16.1 Å². The Morgan fingerprint density at radius 1 is 1.10 bits per heavy atom. The van der Waals surface area contributed by atoms with Gasteiger partial charge >= 0.3 is 6.18 Å². The fraction of sp³-hybridized carbons (Fsp3) is 0.0526. The Morgan fingerprint density at radius 3 is 2.42 bits per heavy atom. The summed E-state index contributed by atoms with van der Waals surface area (Å²) in [6, 6.07) is 12.3. The van der Waals surface area contributed by atoms with Crippen LogP contribution in [0.3, 0.4) is 0 Å². The van der Waals surface area contributed by atoms with Crippen molar-refractivity contribution < 1.29 is 18.0 Å². The van der Waals surface area contributed by atoms with Gasteiger partial charge in [0.25, 0.3) is 5.91 Å². The highest BCUT2D eigenvalue weighted by molar-refractivity contribution is 8.01. The molecule has 0 atom stereocenters. The predicted molar refractivity (Wildman–Crippen MR) is 112 cm³/mol. The van der Waals surface area contributed by atoms with Crippen LogP contribution in [-0.4, -0.2) is 25.9 Å².